The Balaban J connectivity index is 0.00000256. The molecule has 0 aliphatic carbocycles. The Morgan fingerprint density at radius 3 is 2.35 bits per heavy atom. The number of hydrogen-bond donors (Lipinski definition) is 1. The molecule has 0 aliphatic heterocycles. The Bertz CT molecular complexity index is 391. The largest absolute Gasteiger partial charge is 0.499 e. The van der Waals surface area contributed by atoms with Crippen molar-refractivity contribution in [3.05, 3.63) is 41.2 Å². The van der Waals surface area contributed by atoms with Crippen LogP contribution in [0.4, 0.5) is 4.39 Å². The van der Waals surface area contributed by atoms with E-state index in [9.17, 15) is 9.18 Å². The van der Waals surface area contributed by atoms with Crippen molar-refractivity contribution in [1.82, 2.24) is 5.32 Å². The molecule has 0 saturated heterocycles. The van der Waals surface area contributed by atoms with E-state index in [4.69, 9.17) is 0 Å². The van der Waals surface area contributed by atoms with Crippen LogP contribution in [0.15, 0.2) is 18.2 Å². The number of nitrogens with one attached hydrogen (secondary N) is 1. The van der Waals surface area contributed by atoms with Gasteiger partial charge in [-0.15, -0.1) is 0 Å². The fraction of sp³-hybridized carbons (Fsp3) is 0.385. The van der Waals surface area contributed by atoms with Crippen LogP contribution in [0, 0.1) is 11.9 Å². The van der Waals surface area contributed by atoms with Gasteiger partial charge in [-0.05, 0) is 23.6 Å². The third-order valence-corrected chi connectivity index (χ3v) is 2.27. The maximum Gasteiger partial charge on any atom is 0.225 e. The van der Waals surface area contributed by atoms with E-state index < -0.39 is 11.7 Å². The van der Waals surface area contributed by atoms with Gasteiger partial charge in [-0.3, -0.25) is 4.79 Å². The minimum absolute atomic E-state index is 0. The first-order valence-electron chi connectivity index (χ1n) is 5.32. The molecule has 1 N–H and O–H groups in total. The van der Waals surface area contributed by atoms with Crippen LogP contribution >= 0.6 is 0 Å². The molecular formula is C13H17FNOW-. The quantitative estimate of drug-likeness (QED) is 0.768. The molecule has 1 amide bonds. The Morgan fingerprint density at radius 2 is 1.94 bits per heavy atom. The third-order valence-electron chi connectivity index (χ3n) is 2.27. The second-order valence-corrected chi connectivity index (χ2v) is 4.35. The smallest absolute Gasteiger partial charge is 0.225 e. The number of halogens is 1. The molecule has 0 fully saturated rings. The summed E-state index contributed by atoms with van der Waals surface area (Å²) < 4.78 is 13.6. The molecule has 0 radical (unpaired) electrons. The zero-order valence-electron chi connectivity index (χ0n) is 10.5. The van der Waals surface area contributed by atoms with E-state index in [-0.39, 0.29) is 32.5 Å². The summed E-state index contributed by atoms with van der Waals surface area (Å²) in [4.78, 5) is 11.6. The van der Waals surface area contributed by atoms with Crippen molar-refractivity contribution in [3.8, 4) is 0 Å². The third kappa shape index (κ3) is 4.59. The zero-order valence-corrected chi connectivity index (χ0v) is 13.4. The minimum atomic E-state index is -0.468. The van der Waals surface area contributed by atoms with E-state index in [0.29, 0.717) is 0 Å². The van der Waals surface area contributed by atoms with Crippen molar-refractivity contribution >= 4 is 5.91 Å². The standard InChI is InChI=1S/C13H17FNO.W/c1-8(2)10-5-6-11(12(14)7-10)13(16)15-9(3)4;/h5-8H,1-4H3,(H,15,16);/q-1;. The maximum absolute atomic E-state index is 13.6. The van der Waals surface area contributed by atoms with Gasteiger partial charge in [-0.2, -0.15) is 13.8 Å². The predicted octanol–water partition coefficient (Wildman–Crippen LogP) is 3.25. The van der Waals surface area contributed by atoms with Gasteiger partial charge in [0.2, 0.25) is 5.91 Å². The maximum atomic E-state index is 13.6. The first kappa shape index (κ1) is 16.3. The molecule has 4 heteroatoms. The molecule has 1 rings (SSSR count). The molecule has 0 saturated carbocycles. The van der Waals surface area contributed by atoms with Gasteiger partial charge >= 0.3 is 0 Å². The van der Waals surface area contributed by atoms with Crippen LogP contribution in [0.25, 0.3) is 0 Å². The Morgan fingerprint density at radius 1 is 1.35 bits per heavy atom. The summed E-state index contributed by atoms with van der Waals surface area (Å²) in [7, 11) is 0. The molecule has 0 spiro atoms. The van der Waals surface area contributed by atoms with Gasteiger partial charge in [-0.25, -0.2) is 10.4 Å². The second-order valence-electron chi connectivity index (χ2n) is 4.35. The number of benzene rings is 1. The van der Waals surface area contributed by atoms with Crippen LogP contribution in [-0.2, 0) is 21.1 Å². The minimum Gasteiger partial charge on any atom is -0.499 e. The molecule has 17 heavy (non-hydrogen) atoms. The number of rotatable bonds is 3. The molecule has 2 nitrogen and oxygen atoms in total. The summed E-state index contributed by atoms with van der Waals surface area (Å²) in [5.74, 6) is -0.608. The van der Waals surface area contributed by atoms with E-state index in [2.05, 4.69) is 5.32 Å². The Kier molecular flexibility index (Phi) is 6.62. The van der Waals surface area contributed by atoms with Gasteiger partial charge in [0, 0.05) is 21.1 Å². The van der Waals surface area contributed by atoms with E-state index >= 15 is 0 Å². The van der Waals surface area contributed by atoms with Crippen LogP contribution in [0.5, 0.6) is 0 Å². The molecule has 94 valence electrons. The molecule has 1 aromatic rings. The summed E-state index contributed by atoms with van der Waals surface area (Å²) in [5, 5.41) is 2.59. The molecule has 0 atom stereocenters. The number of carbonyl (C=O) groups is 1. The molecular weight excluding hydrogens is 389 g/mol. The van der Waals surface area contributed by atoms with Crippen molar-refractivity contribution < 1.29 is 30.3 Å². The van der Waals surface area contributed by atoms with E-state index in [1.54, 1.807) is 19.9 Å². The van der Waals surface area contributed by atoms with E-state index in [0.717, 1.165) is 11.6 Å². The predicted molar refractivity (Wildman–Crippen MR) is 62.5 cm³/mol. The summed E-state index contributed by atoms with van der Waals surface area (Å²) in [6, 6.07) is 5.48. The van der Waals surface area contributed by atoms with Gasteiger partial charge in [0.25, 0.3) is 0 Å². The van der Waals surface area contributed by atoms with Gasteiger partial charge < -0.3 is 5.32 Å². The average Bonchev–Trinajstić information content (AvgIpc) is 2.15. The monoisotopic (exact) mass is 406 g/mol. The normalized spacial score (nSPS) is 10.3. The van der Waals surface area contributed by atoms with Crippen molar-refractivity contribution in [1.29, 1.82) is 0 Å². The fourth-order valence-electron chi connectivity index (χ4n) is 1.37. The van der Waals surface area contributed by atoms with Crippen LogP contribution in [0.3, 0.4) is 0 Å². The number of amides is 1. The summed E-state index contributed by atoms with van der Waals surface area (Å²) >= 11 is 0. The van der Waals surface area contributed by atoms with E-state index in [1.165, 1.54) is 12.1 Å². The van der Waals surface area contributed by atoms with Crippen molar-refractivity contribution in [3.63, 3.8) is 0 Å². The van der Waals surface area contributed by atoms with Crippen LogP contribution < -0.4 is 5.32 Å². The molecule has 0 bridgehead atoms. The summed E-state index contributed by atoms with van der Waals surface area (Å²) in [6.45, 7) is 7.49. The first-order valence-corrected chi connectivity index (χ1v) is 5.32. The Hall–Kier alpha value is -0.692. The zero-order chi connectivity index (χ0) is 12.3. The first-order chi connectivity index (χ1) is 7.41. The second kappa shape index (κ2) is 6.90. The van der Waals surface area contributed by atoms with Gasteiger partial charge in [0.1, 0.15) is 5.82 Å². The van der Waals surface area contributed by atoms with Gasteiger partial charge in [-0.1, -0.05) is 19.9 Å². The van der Waals surface area contributed by atoms with Crippen molar-refractivity contribution in [2.24, 2.45) is 0 Å². The molecule has 0 unspecified atom stereocenters. The molecule has 0 aromatic heterocycles. The van der Waals surface area contributed by atoms with Crippen LogP contribution in [-0.4, -0.2) is 5.91 Å². The van der Waals surface area contributed by atoms with Crippen LogP contribution in [0.1, 0.15) is 49.5 Å². The average molecular weight is 406 g/mol. The van der Waals surface area contributed by atoms with Crippen molar-refractivity contribution in [2.45, 2.75) is 33.6 Å². The molecule has 0 aliphatic rings. The Labute approximate surface area is 116 Å². The fourth-order valence-corrected chi connectivity index (χ4v) is 1.37. The van der Waals surface area contributed by atoms with Gasteiger partial charge in [0.05, 0.1) is 5.56 Å². The van der Waals surface area contributed by atoms with Gasteiger partial charge in [0.15, 0.2) is 0 Å². The number of hydrogen-bond acceptors (Lipinski definition) is 1. The van der Waals surface area contributed by atoms with E-state index in [1.807, 2.05) is 13.8 Å². The summed E-state index contributed by atoms with van der Waals surface area (Å²) in [6.07, 6.45) is 0. The molecule has 1 aromatic carbocycles. The number of carbonyl (C=O) groups excluding carboxylic acids is 1. The SMILES string of the molecule is C[C-](C)NC(=O)c1ccc(C(C)C)cc1F.[W]. The van der Waals surface area contributed by atoms with Crippen LogP contribution in [0.2, 0.25) is 0 Å². The topological polar surface area (TPSA) is 29.1 Å². The van der Waals surface area contributed by atoms with Crippen molar-refractivity contribution in [2.75, 3.05) is 0 Å². The molecule has 0 heterocycles. The summed E-state index contributed by atoms with van der Waals surface area (Å²) in [5.41, 5.74) is 0.983.